The van der Waals surface area contributed by atoms with Crippen LogP contribution in [0.3, 0.4) is 0 Å². The molecule has 4 rings (SSSR count). The molecular formula is C26H33N3O2. The second-order valence-corrected chi connectivity index (χ2v) is 8.54. The summed E-state index contributed by atoms with van der Waals surface area (Å²) in [5.74, 6) is 2.14. The van der Waals surface area contributed by atoms with Crippen LogP contribution in [-0.4, -0.2) is 38.8 Å². The number of hydrogen-bond donors (Lipinski definition) is 1. The first-order valence-corrected chi connectivity index (χ1v) is 11.2. The van der Waals surface area contributed by atoms with Crippen LogP contribution in [0.4, 0.5) is 5.69 Å². The minimum absolute atomic E-state index is 0.266. The Labute approximate surface area is 185 Å². The maximum absolute atomic E-state index is 5.46. The van der Waals surface area contributed by atoms with Crippen molar-refractivity contribution >= 4 is 11.3 Å². The average molecular weight is 420 g/mol. The van der Waals surface area contributed by atoms with E-state index < -0.39 is 0 Å². The molecule has 2 aromatic rings. The van der Waals surface area contributed by atoms with Crippen molar-refractivity contribution in [3.63, 3.8) is 0 Å². The predicted molar refractivity (Wildman–Crippen MR) is 127 cm³/mol. The summed E-state index contributed by atoms with van der Waals surface area (Å²) >= 11 is 0. The molecule has 0 radical (unpaired) electrons. The van der Waals surface area contributed by atoms with Gasteiger partial charge < -0.3 is 19.7 Å². The molecule has 0 saturated carbocycles. The van der Waals surface area contributed by atoms with Crippen molar-refractivity contribution in [2.45, 2.75) is 32.7 Å². The van der Waals surface area contributed by atoms with E-state index in [1.807, 2.05) is 18.2 Å². The van der Waals surface area contributed by atoms with Gasteiger partial charge >= 0.3 is 0 Å². The largest absolute Gasteiger partial charge is 0.497 e. The molecule has 1 N–H and O–H groups in total. The predicted octanol–water partition coefficient (Wildman–Crippen LogP) is 5.01. The summed E-state index contributed by atoms with van der Waals surface area (Å²) in [5, 5.41) is 3.66. The van der Waals surface area contributed by atoms with E-state index in [0.717, 1.165) is 43.9 Å². The Morgan fingerprint density at radius 1 is 1.00 bits per heavy atom. The number of nitrogens with one attached hydrogen (secondary N) is 1. The second-order valence-electron chi connectivity index (χ2n) is 8.54. The molecular weight excluding hydrogens is 386 g/mol. The van der Waals surface area contributed by atoms with E-state index in [9.17, 15) is 0 Å². The molecule has 1 aliphatic heterocycles. The summed E-state index contributed by atoms with van der Waals surface area (Å²) in [6, 6.07) is 12.8. The number of anilines is 1. The number of methoxy groups -OCH3 is 2. The van der Waals surface area contributed by atoms with Crippen molar-refractivity contribution in [2.24, 2.45) is 5.92 Å². The molecule has 1 atom stereocenters. The number of ether oxygens (including phenoxy) is 2. The molecule has 164 valence electrons. The number of hydrogen-bond acceptors (Lipinski definition) is 5. The smallest absolute Gasteiger partial charge is 0.213 e. The fourth-order valence-corrected chi connectivity index (χ4v) is 4.40. The third kappa shape index (κ3) is 4.77. The van der Waals surface area contributed by atoms with E-state index in [2.05, 4.69) is 54.4 Å². The van der Waals surface area contributed by atoms with Crippen LogP contribution < -0.4 is 19.7 Å². The SMILES string of the molecule is COc1ccc(C2CN(c3ccc(OC)nc3C3=CC=C(C(C)C)CC3)CCN2)cc1. The van der Waals surface area contributed by atoms with Crippen LogP contribution in [0.25, 0.3) is 5.57 Å². The lowest BCUT2D eigenvalue weighted by Crippen LogP contribution is -2.46. The van der Waals surface area contributed by atoms with E-state index >= 15 is 0 Å². The van der Waals surface area contributed by atoms with Gasteiger partial charge in [0, 0.05) is 31.7 Å². The van der Waals surface area contributed by atoms with Crippen molar-refractivity contribution < 1.29 is 9.47 Å². The van der Waals surface area contributed by atoms with Crippen molar-refractivity contribution in [3.8, 4) is 11.6 Å². The number of benzene rings is 1. The first-order valence-electron chi connectivity index (χ1n) is 11.2. The minimum Gasteiger partial charge on any atom is -0.497 e. The Hall–Kier alpha value is -2.79. The molecule has 1 aliphatic carbocycles. The summed E-state index contributed by atoms with van der Waals surface area (Å²) in [6.07, 6.45) is 6.66. The number of piperazine rings is 1. The molecule has 1 unspecified atom stereocenters. The Kier molecular flexibility index (Phi) is 6.62. The average Bonchev–Trinajstić information content (AvgIpc) is 2.84. The molecule has 0 amide bonds. The van der Waals surface area contributed by atoms with Gasteiger partial charge in [-0.3, -0.25) is 0 Å². The quantitative estimate of drug-likeness (QED) is 0.713. The van der Waals surface area contributed by atoms with Crippen molar-refractivity contribution in [3.05, 3.63) is 65.4 Å². The van der Waals surface area contributed by atoms with Gasteiger partial charge in [0.15, 0.2) is 0 Å². The number of pyridine rings is 1. The Morgan fingerprint density at radius 3 is 2.45 bits per heavy atom. The third-order valence-electron chi connectivity index (χ3n) is 6.32. The lowest BCUT2D eigenvalue weighted by molar-refractivity contribution is 0.397. The molecule has 5 nitrogen and oxygen atoms in total. The molecule has 1 aromatic heterocycles. The third-order valence-corrected chi connectivity index (χ3v) is 6.32. The summed E-state index contributed by atoms with van der Waals surface area (Å²) in [7, 11) is 3.38. The van der Waals surface area contributed by atoms with E-state index in [0.29, 0.717) is 11.8 Å². The van der Waals surface area contributed by atoms with Crippen molar-refractivity contribution in [1.82, 2.24) is 10.3 Å². The Bertz CT molecular complexity index is 963. The standard InChI is InChI=1S/C26H33N3O2/c1-18(2)19-5-7-21(8-6-19)26-24(13-14-25(28-26)31-4)29-16-15-27-23(17-29)20-9-11-22(30-3)12-10-20/h5,7,9-14,18,23,27H,6,8,15-17H2,1-4H3. The maximum Gasteiger partial charge on any atom is 0.213 e. The first kappa shape index (κ1) is 21.4. The lowest BCUT2D eigenvalue weighted by Gasteiger charge is -2.36. The molecule has 0 spiro atoms. The van der Waals surface area contributed by atoms with Crippen molar-refractivity contribution in [2.75, 3.05) is 38.8 Å². The number of nitrogens with zero attached hydrogens (tertiary/aromatic N) is 2. The minimum atomic E-state index is 0.266. The zero-order valence-corrected chi connectivity index (χ0v) is 19.0. The van der Waals surface area contributed by atoms with Gasteiger partial charge in [-0.2, -0.15) is 0 Å². The van der Waals surface area contributed by atoms with E-state index in [1.54, 1.807) is 14.2 Å². The Balaban J connectivity index is 1.62. The second kappa shape index (κ2) is 9.56. The molecule has 1 fully saturated rings. The number of aromatic nitrogens is 1. The molecule has 2 aliphatic rings. The normalized spacial score (nSPS) is 19.1. The molecule has 31 heavy (non-hydrogen) atoms. The highest BCUT2D eigenvalue weighted by Crippen LogP contribution is 2.36. The van der Waals surface area contributed by atoms with Gasteiger partial charge in [0.25, 0.3) is 0 Å². The topological polar surface area (TPSA) is 46.6 Å². The molecule has 2 heterocycles. The number of allylic oxidation sites excluding steroid dienone is 4. The van der Waals surface area contributed by atoms with Crippen LogP contribution >= 0.6 is 0 Å². The van der Waals surface area contributed by atoms with Crippen LogP contribution in [0.5, 0.6) is 11.6 Å². The fraction of sp³-hybridized carbons (Fsp3) is 0.423. The van der Waals surface area contributed by atoms with Gasteiger partial charge in [-0.15, -0.1) is 0 Å². The summed E-state index contributed by atoms with van der Waals surface area (Å²) in [5.41, 5.74) is 6.31. The van der Waals surface area contributed by atoms with Crippen molar-refractivity contribution in [1.29, 1.82) is 0 Å². The molecule has 1 saturated heterocycles. The van der Waals surface area contributed by atoms with Gasteiger partial charge in [0.1, 0.15) is 5.75 Å². The van der Waals surface area contributed by atoms with E-state index in [-0.39, 0.29) is 6.04 Å². The van der Waals surface area contributed by atoms with E-state index in [1.165, 1.54) is 22.4 Å². The zero-order valence-electron chi connectivity index (χ0n) is 19.0. The monoisotopic (exact) mass is 419 g/mol. The van der Waals surface area contributed by atoms with Crippen LogP contribution in [0, 0.1) is 5.92 Å². The van der Waals surface area contributed by atoms with Gasteiger partial charge in [-0.25, -0.2) is 4.98 Å². The molecule has 0 bridgehead atoms. The summed E-state index contributed by atoms with van der Waals surface area (Å²) < 4.78 is 10.8. The van der Waals surface area contributed by atoms with Gasteiger partial charge in [0.2, 0.25) is 5.88 Å². The van der Waals surface area contributed by atoms with Gasteiger partial charge in [0.05, 0.1) is 25.6 Å². The van der Waals surface area contributed by atoms with Crippen LogP contribution in [0.1, 0.15) is 44.0 Å². The number of rotatable bonds is 6. The molecule has 5 heteroatoms. The lowest BCUT2D eigenvalue weighted by atomic mass is 9.89. The van der Waals surface area contributed by atoms with Gasteiger partial charge in [-0.05, 0) is 48.1 Å². The zero-order chi connectivity index (χ0) is 21.8. The van der Waals surface area contributed by atoms with E-state index in [4.69, 9.17) is 14.5 Å². The highest BCUT2D eigenvalue weighted by Gasteiger charge is 2.25. The van der Waals surface area contributed by atoms with Crippen LogP contribution in [0.2, 0.25) is 0 Å². The summed E-state index contributed by atoms with van der Waals surface area (Å²) in [4.78, 5) is 7.34. The highest BCUT2D eigenvalue weighted by molar-refractivity contribution is 5.77. The molecule has 1 aromatic carbocycles. The first-order chi connectivity index (χ1) is 15.1. The fourth-order valence-electron chi connectivity index (χ4n) is 4.40. The Morgan fingerprint density at radius 2 is 1.81 bits per heavy atom. The summed E-state index contributed by atoms with van der Waals surface area (Å²) in [6.45, 7) is 7.31. The maximum atomic E-state index is 5.46. The van der Waals surface area contributed by atoms with Crippen LogP contribution in [0.15, 0.2) is 54.1 Å². The highest BCUT2D eigenvalue weighted by atomic mass is 16.5. The van der Waals surface area contributed by atoms with Crippen LogP contribution in [-0.2, 0) is 0 Å². The van der Waals surface area contributed by atoms with Gasteiger partial charge in [-0.1, -0.05) is 43.7 Å².